The fourth-order valence-electron chi connectivity index (χ4n) is 4.76. The Kier molecular flexibility index (Phi) is 3.93. The van der Waals surface area contributed by atoms with Gasteiger partial charge in [-0.15, -0.1) is 0 Å². The number of fused-ring (bicyclic) bond motifs is 1. The van der Waals surface area contributed by atoms with Crippen LogP contribution in [0.2, 0.25) is 0 Å². The summed E-state index contributed by atoms with van der Waals surface area (Å²) in [5.74, 6) is -0.220. The van der Waals surface area contributed by atoms with Gasteiger partial charge in [-0.05, 0) is 48.1 Å². The van der Waals surface area contributed by atoms with Crippen molar-refractivity contribution in [2.45, 2.75) is 43.4 Å². The first-order chi connectivity index (χ1) is 13.1. The first-order valence-electron chi connectivity index (χ1n) is 9.73. The minimum atomic E-state index is -0.223. The van der Waals surface area contributed by atoms with E-state index in [4.69, 9.17) is 15.5 Å². The summed E-state index contributed by atoms with van der Waals surface area (Å²) >= 11 is 0. The first kappa shape index (κ1) is 16.8. The molecule has 2 heterocycles. The SMILES string of the molecule is NC1CCC2(CN=C(N3CCc4ccccc4[C@@H]3c3ccc(F)cc3)O2)C1. The Morgan fingerprint density at radius 1 is 1.15 bits per heavy atom. The molecule has 2 N–H and O–H groups in total. The number of amidine groups is 1. The molecule has 140 valence electrons. The molecule has 5 rings (SSSR count). The third kappa shape index (κ3) is 2.90. The molecule has 1 spiro atoms. The lowest BCUT2D eigenvalue weighted by Gasteiger charge is -2.39. The molecule has 0 radical (unpaired) electrons. The molecule has 27 heavy (non-hydrogen) atoms. The maximum absolute atomic E-state index is 13.5. The summed E-state index contributed by atoms with van der Waals surface area (Å²) in [7, 11) is 0. The van der Waals surface area contributed by atoms with Gasteiger partial charge in [-0.25, -0.2) is 9.38 Å². The number of ether oxygens (including phenoxy) is 1. The Balaban J connectivity index is 1.51. The molecule has 0 amide bonds. The van der Waals surface area contributed by atoms with Crippen LogP contribution in [0.5, 0.6) is 0 Å². The van der Waals surface area contributed by atoms with Crippen molar-refractivity contribution in [3.05, 3.63) is 71.0 Å². The maximum atomic E-state index is 13.5. The molecule has 2 unspecified atom stereocenters. The highest BCUT2D eigenvalue weighted by Gasteiger charge is 2.46. The molecule has 3 atom stereocenters. The summed E-state index contributed by atoms with van der Waals surface area (Å²) in [6.07, 6.45) is 3.77. The van der Waals surface area contributed by atoms with Crippen LogP contribution in [0.15, 0.2) is 53.5 Å². The van der Waals surface area contributed by atoms with Crippen molar-refractivity contribution in [3.8, 4) is 0 Å². The minimum absolute atomic E-state index is 0.0143. The molecule has 1 saturated carbocycles. The van der Waals surface area contributed by atoms with Crippen LogP contribution < -0.4 is 5.73 Å². The van der Waals surface area contributed by atoms with Crippen LogP contribution in [-0.2, 0) is 11.2 Å². The van der Waals surface area contributed by atoms with E-state index in [1.807, 2.05) is 12.1 Å². The van der Waals surface area contributed by atoms with Crippen molar-refractivity contribution in [1.82, 2.24) is 4.90 Å². The van der Waals surface area contributed by atoms with Gasteiger partial charge in [0.25, 0.3) is 6.02 Å². The summed E-state index contributed by atoms with van der Waals surface area (Å²) in [4.78, 5) is 7.03. The second-order valence-corrected chi connectivity index (χ2v) is 7.98. The zero-order chi connectivity index (χ0) is 18.4. The van der Waals surface area contributed by atoms with Gasteiger partial charge in [0.05, 0.1) is 12.6 Å². The molecule has 1 aliphatic carbocycles. The van der Waals surface area contributed by atoms with Crippen molar-refractivity contribution < 1.29 is 9.13 Å². The second-order valence-electron chi connectivity index (χ2n) is 7.98. The number of benzene rings is 2. The van der Waals surface area contributed by atoms with E-state index in [0.717, 1.165) is 37.8 Å². The highest BCUT2D eigenvalue weighted by Crippen LogP contribution is 2.41. The number of rotatable bonds is 1. The summed E-state index contributed by atoms with van der Waals surface area (Å²) in [5.41, 5.74) is 9.53. The van der Waals surface area contributed by atoms with E-state index in [2.05, 4.69) is 29.2 Å². The van der Waals surface area contributed by atoms with Gasteiger partial charge in [0.15, 0.2) is 0 Å². The number of nitrogens with zero attached hydrogens (tertiary/aromatic N) is 2. The van der Waals surface area contributed by atoms with E-state index in [1.165, 1.54) is 23.3 Å². The Hall–Kier alpha value is -2.40. The van der Waals surface area contributed by atoms with Gasteiger partial charge in [0.1, 0.15) is 11.4 Å². The smallest absolute Gasteiger partial charge is 0.288 e. The van der Waals surface area contributed by atoms with Crippen LogP contribution in [0, 0.1) is 5.82 Å². The van der Waals surface area contributed by atoms with E-state index in [0.29, 0.717) is 12.6 Å². The average molecular weight is 365 g/mol. The first-order valence-corrected chi connectivity index (χ1v) is 9.73. The van der Waals surface area contributed by atoms with Crippen molar-refractivity contribution in [2.75, 3.05) is 13.1 Å². The molecule has 5 heteroatoms. The van der Waals surface area contributed by atoms with Crippen molar-refractivity contribution in [2.24, 2.45) is 10.7 Å². The monoisotopic (exact) mass is 365 g/mol. The van der Waals surface area contributed by atoms with Crippen LogP contribution in [0.1, 0.15) is 42.0 Å². The maximum Gasteiger partial charge on any atom is 0.288 e. The molecule has 2 aliphatic heterocycles. The molecule has 2 aromatic rings. The fourth-order valence-corrected chi connectivity index (χ4v) is 4.76. The van der Waals surface area contributed by atoms with Gasteiger partial charge in [-0.2, -0.15) is 0 Å². The lowest BCUT2D eigenvalue weighted by molar-refractivity contribution is 0.0682. The molecule has 0 aromatic heterocycles. The van der Waals surface area contributed by atoms with E-state index in [-0.39, 0.29) is 23.5 Å². The van der Waals surface area contributed by atoms with Gasteiger partial charge in [-0.1, -0.05) is 36.4 Å². The molecule has 4 nitrogen and oxygen atoms in total. The lowest BCUT2D eigenvalue weighted by atomic mass is 9.88. The van der Waals surface area contributed by atoms with Crippen molar-refractivity contribution in [3.63, 3.8) is 0 Å². The fraction of sp³-hybridized carbons (Fsp3) is 0.409. The predicted octanol–water partition coefficient (Wildman–Crippen LogP) is 3.41. The Labute approximate surface area is 158 Å². The van der Waals surface area contributed by atoms with Crippen molar-refractivity contribution >= 4 is 6.02 Å². The van der Waals surface area contributed by atoms with Gasteiger partial charge in [0, 0.05) is 19.0 Å². The van der Waals surface area contributed by atoms with Crippen LogP contribution in [-0.4, -0.2) is 35.7 Å². The van der Waals surface area contributed by atoms with E-state index in [9.17, 15) is 4.39 Å². The van der Waals surface area contributed by atoms with Crippen LogP contribution in [0.25, 0.3) is 0 Å². The number of aliphatic imine (C=N–C) groups is 1. The Bertz CT molecular complexity index is 881. The van der Waals surface area contributed by atoms with Gasteiger partial charge >= 0.3 is 0 Å². The van der Waals surface area contributed by atoms with Crippen molar-refractivity contribution in [1.29, 1.82) is 0 Å². The van der Waals surface area contributed by atoms with Crippen LogP contribution in [0.3, 0.4) is 0 Å². The number of halogens is 1. The third-order valence-corrected chi connectivity index (χ3v) is 6.13. The van der Waals surface area contributed by atoms with E-state index >= 15 is 0 Å². The van der Waals surface area contributed by atoms with Gasteiger partial charge in [0.2, 0.25) is 0 Å². The molecule has 1 fully saturated rings. The van der Waals surface area contributed by atoms with Gasteiger partial charge in [-0.3, -0.25) is 0 Å². The number of hydrogen-bond acceptors (Lipinski definition) is 4. The summed E-state index contributed by atoms with van der Waals surface area (Å²) in [6.45, 7) is 1.52. The zero-order valence-corrected chi connectivity index (χ0v) is 15.3. The van der Waals surface area contributed by atoms with E-state index < -0.39 is 0 Å². The standard InChI is InChI=1S/C22H24FN3O/c23-17-7-5-16(6-8-17)20-19-4-2-1-3-15(19)10-12-26(20)21-25-14-22(27-21)11-9-18(24)13-22/h1-8,18,20H,9-14,24H2/t18?,20-,22?/m0/s1. The second kappa shape index (κ2) is 6.34. The molecule has 0 saturated heterocycles. The molecule has 3 aliphatic rings. The highest BCUT2D eigenvalue weighted by molar-refractivity contribution is 5.78. The molecular weight excluding hydrogens is 341 g/mol. The number of nitrogens with two attached hydrogens (primary N) is 1. The Morgan fingerprint density at radius 3 is 2.74 bits per heavy atom. The normalized spacial score (nSPS) is 29.6. The topological polar surface area (TPSA) is 50.8 Å². The lowest BCUT2D eigenvalue weighted by Crippen LogP contribution is -2.43. The van der Waals surface area contributed by atoms with E-state index in [1.54, 1.807) is 0 Å². The largest absolute Gasteiger partial charge is 0.456 e. The van der Waals surface area contributed by atoms with Gasteiger partial charge < -0.3 is 15.4 Å². The average Bonchev–Trinajstić information content (AvgIpc) is 3.27. The quantitative estimate of drug-likeness (QED) is 0.843. The molecular formula is C22H24FN3O. The third-order valence-electron chi connectivity index (χ3n) is 6.13. The summed E-state index contributed by atoms with van der Waals surface area (Å²) < 4.78 is 19.9. The van der Waals surface area contributed by atoms with Crippen LogP contribution in [0.4, 0.5) is 4.39 Å². The highest BCUT2D eigenvalue weighted by atomic mass is 19.1. The Morgan fingerprint density at radius 2 is 1.96 bits per heavy atom. The summed E-state index contributed by atoms with van der Waals surface area (Å²) in [5, 5.41) is 0. The summed E-state index contributed by atoms with van der Waals surface area (Å²) in [6, 6.07) is 16.2. The molecule has 0 bridgehead atoms. The molecule has 2 aromatic carbocycles. The number of hydrogen-bond donors (Lipinski definition) is 1. The predicted molar refractivity (Wildman–Crippen MR) is 103 cm³/mol. The van der Waals surface area contributed by atoms with Crippen LogP contribution >= 0.6 is 0 Å². The zero-order valence-electron chi connectivity index (χ0n) is 15.3. The minimum Gasteiger partial charge on any atom is -0.456 e.